The number of amides is 1. The molecule has 2 aromatic carbocycles. The number of para-hydroxylation sites is 1. The summed E-state index contributed by atoms with van der Waals surface area (Å²) in [6.07, 6.45) is 2.90. The third kappa shape index (κ3) is 5.24. The maximum Gasteiger partial charge on any atom is 0.222 e. The zero-order chi connectivity index (χ0) is 21.8. The van der Waals surface area contributed by atoms with Gasteiger partial charge in [0.1, 0.15) is 0 Å². The minimum Gasteiger partial charge on any atom is -0.369 e. The zero-order valence-corrected chi connectivity index (χ0v) is 18.2. The molecule has 2 aliphatic heterocycles. The summed E-state index contributed by atoms with van der Waals surface area (Å²) in [5.41, 5.74) is 3.29. The topological polar surface area (TPSA) is 26.8 Å². The van der Waals surface area contributed by atoms with Crippen LogP contribution in [0, 0.1) is 18.6 Å². The van der Waals surface area contributed by atoms with Crippen LogP contribution in [0.1, 0.15) is 30.4 Å². The van der Waals surface area contributed by atoms with E-state index in [9.17, 15) is 13.6 Å². The molecule has 166 valence electrons. The van der Waals surface area contributed by atoms with E-state index >= 15 is 0 Å². The van der Waals surface area contributed by atoms with Crippen molar-refractivity contribution in [1.82, 2.24) is 9.80 Å². The van der Waals surface area contributed by atoms with E-state index in [4.69, 9.17) is 0 Å². The summed E-state index contributed by atoms with van der Waals surface area (Å²) in [7, 11) is 0. The van der Waals surface area contributed by atoms with E-state index in [2.05, 4.69) is 41.0 Å². The molecule has 6 heteroatoms. The van der Waals surface area contributed by atoms with Crippen molar-refractivity contribution in [2.24, 2.45) is 0 Å². The van der Waals surface area contributed by atoms with Crippen molar-refractivity contribution in [1.29, 1.82) is 0 Å². The number of benzene rings is 2. The van der Waals surface area contributed by atoms with Crippen LogP contribution in [0.4, 0.5) is 14.5 Å². The highest BCUT2D eigenvalue weighted by Gasteiger charge is 2.30. The van der Waals surface area contributed by atoms with Crippen molar-refractivity contribution in [3.8, 4) is 0 Å². The zero-order valence-electron chi connectivity index (χ0n) is 18.2. The molecule has 0 bridgehead atoms. The Labute approximate surface area is 183 Å². The lowest BCUT2D eigenvalue weighted by atomic mass is 10.0. The predicted octanol–water partition coefficient (Wildman–Crippen LogP) is 4.02. The van der Waals surface area contributed by atoms with Gasteiger partial charge in [-0.15, -0.1) is 0 Å². The Morgan fingerprint density at radius 2 is 1.77 bits per heavy atom. The Morgan fingerprint density at radius 3 is 2.52 bits per heavy atom. The van der Waals surface area contributed by atoms with Crippen molar-refractivity contribution in [2.75, 3.05) is 44.2 Å². The lowest BCUT2D eigenvalue weighted by molar-refractivity contribution is -0.133. The van der Waals surface area contributed by atoms with Gasteiger partial charge in [0.2, 0.25) is 5.91 Å². The molecule has 4 rings (SSSR count). The number of anilines is 1. The summed E-state index contributed by atoms with van der Waals surface area (Å²) in [6.45, 7) is 7.74. The van der Waals surface area contributed by atoms with E-state index in [1.807, 2.05) is 4.90 Å². The maximum atomic E-state index is 13.4. The fraction of sp³-hybridized carbons (Fsp3) is 0.480. The highest BCUT2D eigenvalue weighted by Crippen LogP contribution is 2.24. The molecule has 0 unspecified atom stereocenters. The van der Waals surface area contributed by atoms with Crippen molar-refractivity contribution >= 4 is 11.6 Å². The first-order chi connectivity index (χ1) is 15.0. The lowest BCUT2D eigenvalue weighted by Gasteiger charge is -2.44. The van der Waals surface area contributed by atoms with Crippen LogP contribution in [-0.4, -0.2) is 61.0 Å². The van der Waals surface area contributed by atoms with Gasteiger partial charge in [0.15, 0.2) is 11.6 Å². The Kier molecular flexibility index (Phi) is 6.86. The number of piperazine rings is 1. The summed E-state index contributed by atoms with van der Waals surface area (Å²) in [5.74, 6) is -1.60. The van der Waals surface area contributed by atoms with Crippen LogP contribution in [0.2, 0.25) is 0 Å². The van der Waals surface area contributed by atoms with E-state index < -0.39 is 11.6 Å². The number of carbonyl (C=O) groups is 1. The SMILES string of the molecule is Cc1ccccc1N1CCN([C@H]2CCCN(C(=O)CCc3ccc(F)c(F)c3)C2)CC1. The first-order valence-electron chi connectivity index (χ1n) is 11.3. The molecular formula is C25H31F2N3O. The van der Waals surface area contributed by atoms with Gasteiger partial charge in [0.05, 0.1) is 0 Å². The van der Waals surface area contributed by atoms with Crippen LogP contribution >= 0.6 is 0 Å². The molecule has 1 amide bonds. The van der Waals surface area contributed by atoms with E-state index in [1.54, 1.807) is 6.07 Å². The Bertz CT molecular complexity index is 911. The number of carbonyl (C=O) groups excluding carboxylic acids is 1. The van der Waals surface area contributed by atoms with Gasteiger partial charge in [-0.3, -0.25) is 9.69 Å². The molecule has 2 aliphatic rings. The molecular weight excluding hydrogens is 396 g/mol. The van der Waals surface area contributed by atoms with Crippen molar-refractivity contribution < 1.29 is 13.6 Å². The molecule has 2 aromatic rings. The molecule has 0 aliphatic carbocycles. The minimum absolute atomic E-state index is 0.105. The van der Waals surface area contributed by atoms with Gasteiger partial charge in [-0.25, -0.2) is 8.78 Å². The maximum absolute atomic E-state index is 13.4. The van der Waals surface area contributed by atoms with Gasteiger partial charge in [0, 0.05) is 57.4 Å². The predicted molar refractivity (Wildman–Crippen MR) is 119 cm³/mol. The molecule has 2 saturated heterocycles. The van der Waals surface area contributed by atoms with Crippen molar-refractivity contribution in [3.05, 3.63) is 65.2 Å². The monoisotopic (exact) mass is 427 g/mol. The van der Waals surface area contributed by atoms with Crippen LogP contribution in [0.15, 0.2) is 42.5 Å². The molecule has 0 aromatic heterocycles. The van der Waals surface area contributed by atoms with E-state index in [0.29, 0.717) is 24.4 Å². The number of hydrogen-bond donors (Lipinski definition) is 0. The lowest BCUT2D eigenvalue weighted by Crippen LogP contribution is -2.56. The highest BCUT2D eigenvalue weighted by molar-refractivity contribution is 5.76. The van der Waals surface area contributed by atoms with Crippen molar-refractivity contribution in [2.45, 2.75) is 38.6 Å². The Balaban J connectivity index is 1.28. The average molecular weight is 428 g/mol. The minimum atomic E-state index is -0.854. The first-order valence-corrected chi connectivity index (χ1v) is 11.3. The molecule has 0 spiro atoms. The molecule has 0 radical (unpaired) electrons. The third-order valence-corrected chi connectivity index (χ3v) is 6.65. The van der Waals surface area contributed by atoms with Crippen molar-refractivity contribution in [3.63, 3.8) is 0 Å². The number of halogens is 2. The fourth-order valence-corrected chi connectivity index (χ4v) is 4.83. The van der Waals surface area contributed by atoms with Gasteiger partial charge in [-0.05, 0) is 55.5 Å². The molecule has 2 fully saturated rings. The third-order valence-electron chi connectivity index (χ3n) is 6.65. The van der Waals surface area contributed by atoms with Crippen LogP contribution in [0.3, 0.4) is 0 Å². The average Bonchev–Trinajstić information content (AvgIpc) is 2.80. The number of likely N-dealkylation sites (tertiary alicyclic amines) is 1. The van der Waals surface area contributed by atoms with Crippen LogP contribution in [0.5, 0.6) is 0 Å². The molecule has 4 nitrogen and oxygen atoms in total. The Hall–Kier alpha value is -2.47. The summed E-state index contributed by atoms with van der Waals surface area (Å²) >= 11 is 0. The number of rotatable bonds is 5. The molecule has 0 N–H and O–H groups in total. The van der Waals surface area contributed by atoms with Gasteiger partial charge < -0.3 is 9.80 Å². The largest absolute Gasteiger partial charge is 0.369 e. The summed E-state index contributed by atoms with van der Waals surface area (Å²) < 4.78 is 26.5. The fourth-order valence-electron chi connectivity index (χ4n) is 4.83. The van der Waals surface area contributed by atoms with E-state index in [1.165, 1.54) is 17.3 Å². The van der Waals surface area contributed by atoms with E-state index in [0.717, 1.165) is 58.2 Å². The first kappa shape index (κ1) is 21.8. The second-order valence-corrected chi connectivity index (χ2v) is 8.69. The Morgan fingerprint density at radius 1 is 1.00 bits per heavy atom. The molecule has 0 saturated carbocycles. The summed E-state index contributed by atoms with van der Waals surface area (Å²) in [6, 6.07) is 12.8. The van der Waals surface area contributed by atoms with Crippen LogP contribution < -0.4 is 4.90 Å². The quantitative estimate of drug-likeness (QED) is 0.721. The molecule has 1 atom stereocenters. The summed E-state index contributed by atoms with van der Waals surface area (Å²) in [4.78, 5) is 19.7. The normalized spacial score (nSPS) is 20.2. The van der Waals surface area contributed by atoms with Gasteiger partial charge in [0.25, 0.3) is 0 Å². The second kappa shape index (κ2) is 9.77. The number of aryl methyl sites for hydroxylation is 2. The molecule has 31 heavy (non-hydrogen) atoms. The summed E-state index contributed by atoms with van der Waals surface area (Å²) in [5, 5.41) is 0. The standard InChI is InChI=1S/C25H31F2N3O/c1-19-5-2-3-7-24(19)29-15-13-28(14-16-29)21-6-4-12-30(18-21)25(31)11-9-20-8-10-22(26)23(27)17-20/h2-3,5,7-8,10,17,21H,4,6,9,11-16,18H2,1H3/t21-/m0/s1. The second-order valence-electron chi connectivity index (χ2n) is 8.69. The molecule has 2 heterocycles. The van der Waals surface area contributed by atoms with Gasteiger partial charge in [-0.2, -0.15) is 0 Å². The van der Waals surface area contributed by atoms with Crippen LogP contribution in [0.25, 0.3) is 0 Å². The number of nitrogens with zero attached hydrogens (tertiary/aromatic N) is 3. The van der Waals surface area contributed by atoms with Gasteiger partial charge in [-0.1, -0.05) is 24.3 Å². The number of piperidine rings is 1. The number of hydrogen-bond acceptors (Lipinski definition) is 3. The van der Waals surface area contributed by atoms with E-state index in [-0.39, 0.29) is 5.91 Å². The van der Waals surface area contributed by atoms with Gasteiger partial charge >= 0.3 is 0 Å². The van der Waals surface area contributed by atoms with Crippen LogP contribution in [-0.2, 0) is 11.2 Å². The smallest absolute Gasteiger partial charge is 0.222 e. The highest BCUT2D eigenvalue weighted by atomic mass is 19.2.